The molecule has 0 saturated heterocycles. The highest BCUT2D eigenvalue weighted by atomic mass is 35.5. The fourth-order valence-corrected chi connectivity index (χ4v) is 6.47. The molecule has 0 aliphatic carbocycles. The van der Waals surface area contributed by atoms with Crippen molar-refractivity contribution in [3.05, 3.63) is 98.4 Å². The largest absolute Gasteiger partial charge is 0.491 e. The van der Waals surface area contributed by atoms with Gasteiger partial charge in [0.25, 0.3) is 5.56 Å². The summed E-state index contributed by atoms with van der Waals surface area (Å²) in [7, 11) is 3.91. The fourth-order valence-electron chi connectivity index (χ4n) is 5.27. The van der Waals surface area contributed by atoms with Gasteiger partial charge >= 0.3 is 5.97 Å². The summed E-state index contributed by atoms with van der Waals surface area (Å²) in [5.74, 6) is -0.113. The molecular formula is C33H26ClN7O4S. The number of halogens is 1. The van der Waals surface area contributed by atoms with Gasteiger partial charge in [0.05, 0.1) is 56.4 Å². The van der Waals surface area contributed by atoms with Gasteiger partial charge in [-0.3, -0.25) is 24.3 Å². The Balaban J connectivity index is 1.32. The Morgan fingerprint density at radius 2 is 1.96 bits per heavy atom. The van der Waals surface area contributed by atoms with Crippen LogP contribution >= 0.6 is 22.9 Å². The maximum atomic E-state index is 13.9. The Hall–Kier alpha value is -5.22. The van der Waals surface area contributed by atoms with Gasteiger partial charge < -0.3 is 14.7 Å². The van der Waals surface area contributed by atoms with Crippen LogP contribution in [0, 0.1) is 18.3 Å². The summed E-state index contributed by atoms with van der Waals surface area (Å²) in [6, 6.07) is 12.8. The Bertz CT molecular complexity index is 2240. The summed E-state index contributed by atoms with van der Waals surface area (Å²) in [5.41, 5.74) is 3.82. The standard InChI is InChI=1S/C33H26ClN7O4S/c1-18-39-26-15-38-29(19-4-6-21(37-14-19)16-40(2)3)24(13-35)28(26)32(42)41(18)10-11-45-27-7-5-20(34)12-23(27)22-8-9-36-30-25(33(43)44)17-46-31(22)30/h4-9,12,14-15,17H,10-11,16H2,1-3H3,(H,43,44). The summed E-state index contributed by atoms with van der Waals surface area (Å²) in [6.07, 6.45) is 4.71. The van der Waals surface area contributed by atoms with Gasteiger partial charge in [0.15, 0.2) is 0 Å². The number of hydrogen-bond donors (Lipinski definition) is 1. The number of pyridine rings is 3. The normalized spacial score (nSPS) is 11.3. The minimum atomic E-state index is -1.06. The van der Waals surface area contributed by atoms with E-state index < -0.39 is 5.97 Å². The predicted octanol–water partition coefficient (Wildman–Crippen LogP) is 5.80. The quantitative estimate of drug-likeness (QED) is 0.203. The van der Waals surface area contributed by atoms with Crippen LogP contribution in [0.15, 0.2) is 65.2 Å². The van der Waals surface area contributed by atoms with Crippen molar-refractivity contribution in [2.75, 3.05) is 20.7 Å². The minimum absolute atomic E-state index is 0.0959. The van der Waals surface area contributed by atoms with Crippen LogP contribution in [0.1, 0.15) is 27.4 Å². The molecule has 0 saturated carbocycles. The van der Waals surface area contributed by atoms with Crippen LogP contribution in [-0.2, 0) is 13.1 Å². The summed E-state index contributed by atoms with van der Waals surface area (Å²) in [6.45, 7) is 2.62. The number of carboxylic acids is 1. The second kappa shape index (κ2) is 12.6. The van der Waals surface area contributed by atoms with Crippen molar-refractivity contribution >= 4 is 50.0 Å². The zero-order valence-electron chi connectivity index (χ0n) is 25.0. The van der Waals surface area contributed by atoms with Crippen molar-refractivity contribution < 1.29 is 14.6 Å². The first-order chi connectivity index (χ1) is 22.2. The first-order valence-electron chi connectivity index (χ1n) is 14.1. The number of ether oxygens (including phenoxy) is 1. The number of fused-ring (bicyclic) bond motifs is 2. The molecule has 0 radical (unpaired) electrons. The SMILES string of the molecule is Cc1nc2cnc(-c3ccc(CN(C)C)nc3)c(C#N)c2c(=O)n1CCOc1ccc(Cl)cc1-c1ccnc2c(C(=O)O)csc12. The summed E-state index contributed by atoms with van der Waals surface area (Å²) < 4.78 is 8.36. The molecule has 0 aliphatic rings. The fraction of sp³-hybridized carbons (Fsp3) is 0.182. The number of carbonyl (C=O) groups is 1. The van der Waals surface area contributed by atoms with Crippen LogP contribution in [0.25, 0.3) is 43.5 Å². The number of rotatable bonds is 9. The van der Waals surface area contributed by atoms with Gasteiger partial charge in [0.1, 0.15) is 24.3 Å². The van der Waals surface area contributed by atoms with E-state index in [2.05, 4.69) is 26.0 Å². The van der Waals surface area contributed by atoms with E-state index in [1.54, 1.807) is 49.0 Å². The summed E-state index contributed by atoms with van der Waals surface area (Å²) in [5, 5.41) is 21.9. The van der Waals surface area contributed by atoms with E-state index in [0.29, 0.717) is 55.7 Å². The molecule has 46 heavy (non-hydrogen) atoms. The number of carboxylic acid groups (broad SMARTS) is 1. The van der Waals surface area contributed by atoms with Crippen molar-refractivity contribution in [3.8, 4) is 34.2 Å². The lowest BCUT2D eigenvalue weighted by Crippen LogP contribution is -2.27. The molecule has 0 bridgehead atoms. The molecule has 1 N–H and O–H groups in total. The smallest absolute Gasteiger partial charge is 0.338 e. The highest BCUT2D eigenvalue weighted by Crippen LogP contribution is 2.39. The maximum absolute atomic E-state index is 13.9. The molecule has 1 aromatic carbocycles. The number of nitriles is 1. The Morgan fingerprint density at radius 3 is 2.67 bits per heavy atom. The third-order valence-corrected chi connectivity index (χ3v) is 8.61. The van der Waals surface area contributed by atoms with Crippen molar-refractivity contribution in [1.29, 1.82) is 5.26 Å². The maximum Gasteiger partial charge on any atom is 0.338 e. The van der Waals surface area contributed by atoms with Crippen molar-refractivity contribution in [3.63, 3.8) is 0 Å². The molecule has 0 fully saturated rings. The van der Waals surface area contributed by atoms with E-state index in [-0.39, 0.29) is 35.2 Å². The molecular weight excluding hydrogens is 626 g/mol. The van der Waals surface area contributed by atoms with E-state index in [0.717, 1.165) is 11.3 Å². The average Bonchev–Trinajstić information content (AvgIpc) is 3.48. The number of aryl methyl sites for hydroxylation is 1. The molecule has 0 unspecified atom stereocenters. The summed E-state index contributed by atoms with van der Waals surface area (Å²) >= 11 is 7.64. The first-order valence-corrected chi connectivity index (χ1v) is 15.3. The lowest BCUT2D eigenvalue weighted by Gasteiger charge is -2.15. The Labute approximate surface area is 272 Å². The second-order valence-electron chi connectivity index (χ2n) is 10.7. The summed E-state index contributed by atoms with van der Waals surface area (Å²) in [4.78, 5) is 45.4. The number of thiophene rings is 1. The first kappa shape index (κ1) is 30.8. The Morgan fingerprint density at radius 1 is 1.13 bits per heavy atom. The lowest BCUT2D eigenvalue weighted by atomic mass is 10.0. The number of nitrogens with zero attached hydrogens (tertiary/aromatic N) is 7. The monoisotopic (exact) mass is 651 g/mol. The van der Waals surface area contributed by atoms with Crippen LogP contribution in [0.5, 0.6) is 5.75 Å². The number of hydrogen-bond acceptors (Lipinski definition) is 10. The van der Waals surface area contributed by atoms with E-state index in [9.17, 15) is 20.0 Å². The highest BCUT2D eigenvalue weighted by molar-refractivity contribution is 7.18. The molecule has 0 spiro atoms. The van der Waals surface area contributed by atoms with Crippen LogP contribution in [0.2, 0.25) is 5.02 Å². The van der Waals surface area contributed by atoms with E-state index in [1.807, 2.05) is 31.1 Å². The zero-order valence-corrected chi connectivity index (χ0v) is 26.6. The van der Waals surface area contributed by atoms with Crippen molar-refractivity contribution in [2.45, 2.75) is 20.0 Å². The van der Waals surface area contributed by atoms with Gasteiger partial charge in [-0.05, 0) is 57.4 Å². The van der Waals surface area contributed by atoms with Crippen LogP contribution < -0.4 is 10.3 Å². The van der Waals surface area contributed by atoms with Crippen molar-refractivity contribution in [2.24, 2.45) is 0 Å². The lowest BCUT2D eigenvalue weighted by molar-refractivity contribution is 0.0699. The topological polar surface area (TPSA) is 147 Å². The molecule has 13 heteroatoms. The minimum Gasteiger partial charge on any atom is -0.491 e. The van der Waals surface area contributed by atoms with Crippen LogP contribution in [0.3, 0.4) is 0 Å². The molecule has 5 heterocycles. The van der Waals surface area contributed by atoms with Gasteiger partial charge in [-0.15, -0.1) is 11.3 Å². The average molecular weight is 652 g/mol. The molecule has 6 rings (SSSR count). The van der Waals surface area contributed by atoms with Crippen LogP contribution in [-0.4, -0.2) is 61.2 Å². The third-order valence-electron chi connectivity index (χ3n) is 7.37. The molecule has 0 aliphatic heterocycles. The van der Waals surface area contributed by atoms with Gasteiger partial charge in [-0.2, -0.15) is 5.26 Å². The molecule has 5 aromatic heterocycles. The second-order valence-corrected chi connectivity index (χ2v) is 12.0. The number of aromatic carboxylic acids is 1. The molecule has 0 atom stereocenters. The molecule has 6 aromatic rings. The van der Waals surface area contributed by atoms with E-state index >= 15 is 0 Å². The van der Waals surface area contributed by atoms with E-state index in [1.165, 1.54) is 22.1 Å². The molecule has 230 valence electrons. The zero-order chi connectivity index (χ0) is 32.5. The molecule has 11 nitrogen and oxygen atoms in total. The van der Waals surface area contributed by atoms with Gasteiger partial charge in [-0.25, -0.2) is 9.78 Å². The van der Waals surface area contributed by atoms with Gasteiger partial charge in [0.2, 0.25) is 0 Å². The molecule has 0 amide bonds. The van der Waals surface area contributed by atoms with Gasteiger partial charge in [-0.1, -0.05) is 11.6 Å². The van der Waals surface area contributed by atoms with Gasteiger partial charge in [0, 0.05) is 46.0 Å². The van der Waals surface area contributed by atoms with Crippen molar-refractivity contribution in [1.82, 2.24) is 29.4 Å². The van der Waals surface area contributed by atoms with Crippen LogP contribution in [0.4, 0.5) is 0 Å². The number of aromatic nitrogens is 5. The Kier molecular flexibility index (Phi) is 8.46. The third kappa shape index (κ3) is 5.79. The predicted molar refractivity (Wildman–Crippen MR) is 176 cm³/mol. The number of benzene rings is 1. The highest BCUT2D eigenvalue weighted by Gasteiger charge is 2.20. The van der Waals surface area contributed by atoms with E-state index in [4.69, 9.17) is 16.3 Å².